The number of benzene rings is 1. The Balaban J connectivity index is 1.66. The Morgan fingerprint density at radius 2 is 1.83 bits per heavy atom. The molecule has 0 spiro atoms. The average Bonchev–Trinajstić information content (AvgIpc) is 3.08. The highest BCUT2D eigenvalue weighted by Crippen LogP contribution is 2.23. The molecule has 118 valence electrons. The van der Waals surface area contributed by atoms with E-state index in [1.165, 1.54) is 12.1 Å². The predicted octanol–water partition coefficient (Wildman–Crippen LogP) is 2.19. The molecule has 3 aromatic rings. The molecule has 0 unspecified atom stereocenters. The van der Waals surface area contributed by atoms with Crippen LogP contribution in [0.2, 0.25) is 0 Å². The van der Waals surface area contributed by atoms with Gasteiger partial charge in [0.15, 0.2) is 0 Å². The van der Waals surface area contributed by atoms with Crippen molar-refractivity contribution in [3.8, 4) is 11.5 Å². The van der Waals surface area contributed by atoms with E-state index in [0.717, 1.165) is 5.56 Å². The van der Waals surface area contributed by atoms with E-state index >= 15 is 0 Å². The second kappa shape index (κ2) is 6.07. The third-order valence-electron chi connectivity index (χ3n) is 3.58. The molecule has 2 heterocycles. The molecule has 0 atom stereocenters. The molecule has 0 aliphatic heterocycles. The molecule has 7 nitrogen and oxygen atoms in total. The van der Waals surface area contributed by atoms with Crippen LogP contribution in [0, 0.1) is 5.82 Å². The lowest BCUT2D eigenvalue weighted by Gasteiger charge is -2.25. The Morgan fingerprint density at radius 3 is 2.43 bits per heavy atom. The van der Waals surface area contributed by atoms with Crippen LogP contribution in [0.4, 0.5) is 10.2 Å². The van der Waals surface area contributed by atoms with Gasteiger partial charge in [-0.2, -0.15) is 5.21 Å². The van der Waals surface area contributed by atoms with Crippen LogP contribution in [0.15, 0.2) is 36.4 Å². The molecule has 0 aliphatic carbocycles. The average molecular weight is 313 g/mol. The molecule has 1 aromatic carbocycles. The summed E-state index contributed by atoms with van der Waals surface area (Å²) < 4.78 is 13.0. The van der Waals surface area contributed by atoms with Crippen molar-refractivity contribution in [2.24, 2.45) is 0 Å². The molecule has 0 radical (unpaired) electrons. The standard InChI is InChI=1S/C15H16FN7/c1-15(2,10-3-5-11(16)6-4-10)9-17-13-8-7-12(18-19-13)14-20-22-23-21-14/h3-8H,9H2,1-2H3,(H,17,19)(H,20,21,22,23). The number of rotatable bonds is 5. The molecule has 0 bridgehead atoms. The molecule has 0 aliphatic rings. The fourth-order valence-corrected chi connectivity index (χ4v) is 2.13. The van der Waals surface area contributed by atoms with Crippen LogP contribution in [-0.2, 0) is 5.41 Å². The van der Waals surface area contributed by atoms with Gasteiger partial charge in [0.2, 0.25) is 5.82 Å². The van der Waals surface area contributed by atoms with Crippen molar-refractivity contribution in [1.29, 1.82) is 0 Å². The number of H-pyrrole nitrogens is 1. The quantitative estimate of drug-likeness (QED) is 0.750. The van der Waals surface area contributed by atoms with Crippen LogP contribution in [-0.4, -0.2) is 37.4 Å². The van der Waals surface area contributed by atoms with Crippen molar-refractivity contribution in [1.82, 2.24) is 30.8 Å². The van der Waals surface area contributed by atoms with E-state index in [9.17, 15) is 4.39 Å². The Morgan fingerprint density at radius 1 is 1.04 bits per heavy atom. The van der Waals surface area contributed by atoms with Gasteiger partial charge in [-0.15, -0.1) is 20.4 Å². The Kier molecular flexibility index (Phi) is 3.96. The third kappa shape index (κ3) is 3.47. The molecule has 0 amide bonds. The van der Waals surface area contributed by atoms with Gasteiger partial charge in [0, 0.05) is 12.0 Å². The largest absolute Gasteiger partial charge is 0.368 e. The summed E-state index contributed by atoms with van der Waals surface area (Å²) in [5.74, 6) is 0.809. The van der Waals surface area contributed by atoms with Gasteiger partial charge in [0.05, 0.1) is 0 Å². The van der Waals surface area contributed by atoms with Gasteiger partial charge >= 0.3 is 0 Å². The summed E-state index contributed by atoms with van der Waals surface area (Å²) in [4.78, 5) is 0. The molecular formula is C15H16FN7. The first kappa shape index (κ1) is 15.0. The van der Waals surface area contributed by atoms with Crippen LogP contribution in [0.25, 0.3) is 11.5 Å². The van der Waals surface area contributed by atoms with Gasteiger partial charge in [0.1, 0.15) is 17.3 Å². The van der Waals surface area contributed by atoms with Gasteiger partial charge in [-0.25, -0.2) is 4.39 Å². The Hall–Kier alpha value is -2.90. The maximum Gasteiger partial charge on any atom is 0.224 e. The minimum Gasteiger partial charge on any atom is -0.368 e. The summed E-state index contributed by atoms with van der Waals surface area (Å²) in [5.41, 5.74) is 1.41. The summed E-state index contributed by atoms with van der Waals surface area (Å²) in [7, 11) is 0. The first-order chi connectivity index (χ1) is 11.0. The van der Waals surface area contributed by atoms with E-state index in [-0.39, 0.29) is 11.2 Å². The number of halogens is 1. The van der Waals surface area contributed by atoms with Crippen molar-refractivity contribution in [3.63, 3.8) is 0 Å². The zero-order chi connectivity index (χ0) is 16.3. The SMILES string of the molecule is CC(C)(CNc1ccc(-c2nn[nH]n2)nn1)c1ccc(F)cc1. The maximum absolute atomic E-state index is 13.0. The number of aromatic amines is 1. The van der Waals surface area contributed by atoms with E-state index in [4.69, 9.17) is 0 Å². The van der Waals surface area contributed by atoms with E-state index in [0.29, 0.717) is 23.9 Å². The van der Waals surface area contributed by atoms with Gasteiger partial charge in [0.25, 0.3) is 0 Å². The number of nitrogens with one attached hydrogen (secondary N) is 2. The molecular weight excluding hydrogens is 297 g/mol. The van der Waals surface area contributed by atoms with E-state index in [1.807, 2.05) is 0 Å². The number of aromatic nitrogens is 6. The Labute approximate surface area is 132 Å². The number of nitrogens with zero attached hydrogens (tertiary/aromatic N) is 5. The van der Waals surface area contributed by atoms with Crippen molar-refractivity contribution in [2.75, 3.05) is 11.9 Å². The van der Waals surface area contributed by atoms with Crippen LogP contribution < -0.4 is 5.32 Å². The molecule has 23 heavy (non-hydrogen) atoms. The van der Waals surface area contributed by atoms with E-state index < -0.39 is 0 Å². The highest BCUT2D eigenvalue weighted by Gasteiger charge is 2.20. The fourth-order valence-electron chi connectivity index (χ4n) is 2.13. The number of hydrogen-bond acceptors (Lipinski definition) is 6. The summed E-state index contributed by atoms with van der Waals surface area (Å²) in [6.07, 6.45) is 0. The zero-order valence-electron chi connectivity index (χ0n) is 12.8. The lowest BCUT2D eigenvalue weighted by Crippen LogP contribution is -2.28. The minimum atomic E-state index is -0.236. The molecule has 2 aromatic heterocycles. The fraction of sp³-hybridized carbons (Fsp3) is 0.267. The smallest absolute Gasteiger partial charge is 0.224 e. The topological polar surface area (TPSA) is 92.3 Å². The molecule has 3 rings (SSSR count). The van der Waals surface area contributed by atoms with Crippen molar-refractivity contribution in [2.45, 2.75) is 19.3 Å². The predicted molar refractivity (Wildman–Crippen MR) is 83.1 cm³/mol. The minimum absolute atomic E-state index is 0.179. The molecule has 0 fully saturated rings. The van der Waals surface area contributed by atoms with Crippen LogP contribution >= 0.6 is 0 Å². The Bertz CT molecular complexity index is 752. The first-order valence-electron chi connectivity index (χ1n) is 7.12. The van der Waals surface area contributed by atoms with Crippen molar-refractivity contribution < 1.29 is 4.39 Å². The van der Waals surface area contributed by atoms with Crippen LogP contribution in [0.5, 0.6) is 0 Å². The number of anilines is 1. The summed E-state index contributed by atoms with van der Waals surface area (Å²) >= 11 is 0. The second-order valence-electron chi connectivity index (χ2n) is 5.78. The van der Waals surface area contributed by atoms with E-state index in [2.05, 4.69) is 50.0 Å². The van der Waals surface area contributed by atoms with Gasteiger partial charge < -0.3 is 5.32 Å². The molecule has 0 saturated heterocycles. The summed E-state index contributed by atoms with van der Waals surface area (Å²) in [6, 6.07) is 10.1. The van der Waals surface area contributed by atoms with Gasteiger partial charge in [-0.3, -0.25) is 0 Å². The van der Waals surface area contributed by atoms with Gasteiger partial charge in [-0.05, 0) is 35.0 Å². The third-order valence-corrected chi connectivity index (χ3v) is 3.58. The zero-order valence-corrected chi connectivity index (χ0v) is 12.8. The first-order valence-corrected chi connectivity index (χ1v) is 7.12. The van der Waals surface area contributed by atoms with Crippen molar-refractivity contribution in [3.05, 3.63) is 47.8 Å². The van der Waals surface area contributed by atoms with Crippen LogP contribution in [0.1, 0.15) is 19.4 Å². The lowest BCUT2D eigenvalue weighted by atomic mass is 9.84. The molecule has 2 N–H and O–H groups in total. The van der Waals surface area contributed by atoms with Crippen LogP contribution in [0.3, 0.4) is 0 Å². The molecule has 0 saturated carbocycles. The maximum atomic E-state index is 13.0. The second-order valence-corrected chi connectivity index (χ2v) is 5.78. The summed E-state index contributed by atoms with van der Waals surface area (Å²) in [6.45, 7) is 4.79. The monoisotopic (exact) mass is 313 g/mol. The number of tetrazole rings is 1. The normalized spacial score (nSPS) is 11.4. The van der Waals surface area contributed by atoms with Crippen molar-refractivity contribution >= 4 is 5.82 Å². The summed E-state index contributed by atoms with van der Waals surface area (Å²) in [5, 5.41) is 24.9. The highest BCUT2D eigenvalue weighted by molar-refractivity contribution is 5.49. The lowest BCUT2D eigenvalue weighted by molar-refractivity contribution is 0.552. The number of hydrogen-bond donors (Lipinski definition) is 2. The van der Waals surface area contributed by atoms with E-state index in [1.54, 1.807) is 24.3 Å². The van der Waals surface area contributed by atoms with Gasteiger partial charge in [-0.1, -0.05) is 26.0 Å². The molecule has 8 heteroatoms. The highest BCUT2D eigenvalue weighted by atomic mass is 19.1.